The number of unbranched alkanes of at least 4 members (excludes halogenated alkanes) is 11. The summed E-state index contributed by atoms with van der Waals surface area (Å²) in [4.78, 5) is 13.8. The molecule has 0 atom stereocenters. The Balaban J connectivity index is 0. The zero-order chi connectivity index (χ0) is 17.9. The lowest BCUT2D eigenvalue weighted by molar-refractivity contribution is -0.130. The number of hydrogen-bond donors (Lipinski definition) is 0. The van der Waals surface area contributed by atoms with Crippen molar-refractivity contribution in [3.05, 3.63) is 12.2 Å². The van der Waals surface area contributed by atoms with Gasteiger partial charge in [0.15, 0.2) is 0 Å². The minimum absolute atomic E-state index is 0. The lowest BCUT2D eigenvalue weighted by atomic mass is 10.1. The molecule has 3 heteroatoms. The van der Waals surface area contributed by atoms with E-state index in [1.54, 1.807) is 0 Å². The largest absolute Gasteiger partial charge is 0.343 e. The van der Waals surface area contributed by atoms with Gasteiger partial charge in [-0.05, 0) is 46.0 Å². The Morgan fingerprint density at radius 2 is 1.12 bits per heavy atom. The van der Waals surface area contributed by atoms with E-state index in [1.165, 1.54) is 77.0 Å². The van der Waals surface area contributed by atoms with Crippen LogP contribution in [0.4, 0.5) is 0 Å². The van der Waals surface area contributed by atoms with Crippen LogP contribution in [0.5, 0.6) is 0 Å². The van der Waals surface area contributed by atoms with Crippen molar-refractivity contribution in [3.63, 3.8) is 0 Å². The SMILES string of the molecule is CCCCCCCC/C=C\CCCCCCCC(=O)N(CC)CC.[B]. The van der Waals surface area contributed by atoms with Crippen molar-refractivity contribution in [1.29, 1.82) is 0 Å². The van der Waals surface area contributed by atoms with Crippen molar-refractivity contribution in [3.8, 4) is 0 Å². The first-order chi connectivity index (χ1) is 11.8. The van der Waals surface area contributed by atoms with Gasteiger partial charge in [-0.15, -0.1) is 0 Å². The fourth-order valence-electron chi connectivity index (χ4n) is 3.08. The van der Waals surface area contributed by atoms with Gasteiger partial charge in [-0.2, -0.15) is 0 Å². The summed E-state index contributed by atoms with van der Waals surface area (Å²) in [6, 6.07) is 0. The van der Waals surface area contributed by atoms with E-state index in [9.17, 15) is 4.79 Å². The zero-order valence-corrected chi connectivity index (χ0v) is 17.4. The van der Waals surface area contributed by atoms with Crippen LogP contribution in [0.1, 0.15) is 111 Å². The average molecular weight is 348 g/mol. The smallest absolute Gasteiger partial charge is 0.222 e. The quantitative estimate of drug-likeness (QED) is 0.167. The van der Waals surface area contributed by atoms with Gasteiger partial charge in [0.1, 0.15) is 0 Å². The van der Waals surface area contributed by atoms with Gasteiger partial charge in [-0.3, -0.25) is 4.79 Å². The Hall–Kier alpha value is -0.725. The number of amides is 1. The number of nitrogens with zero attached hydrogens (tertiary/aromatic N) is 1. The molecule has 0 aromatic carbocycles. The van der Waals surface area contributed by atoms with Gasteiger partial charge in [0.25, 0.3) is 0 Å². The van der Waals surface area contributed by atoms with Crippen LogP contribution in [-0.4, -0.2) is 32.3 Å². The van der Waals surface area contributed by atoms with E-state index in [2.05, 4.69) is 32.9 Å². The van der Waals surface area contributed by atoms with E-state index in [0.717, 1.165) is 25.9 Å². The van der Waals surface area contributed by atoms with E-state index >= 15 is 0 Å². The molecule has 0 aromatic rings. The third kappa shape index (κ3) is 17.9. The lowest BCUT2D eigenvalue weighted by Gasteiger charge is -2.18. The molecule has 0 spiro atoms. The second-order valence-corrected chi connectivity index (χ2v) is 6.90. The van der Waals surface area contributed by atoms with Gasteiger partial charge in [0, 0.05) is 27.9 Å². The Labute approximate surface area is 160 Å². The normalized spacial score (nSPS) is 10.8. The second kappa shape index (κ2) is 21.3. The molecule has 3 radical (unpaired) electrons. The summed E-state index contributed by atoms with van der Waals surface area (Å²) in [6.45, 7) is 8.08. The third-order valence-corrected chi connectivity index (χ3v) is 4.77. The van der Waals surface area contributed by atoms with Crippen molar-refractivity contribution in [1.82, 2.24) is 4.90 Å². The van der Waals surface area contributed by atoms with Gasteiger partial charge in [-0.25, -0.2) is 0 Å². The molecule has 0 saturated carbocycles. The molecule has 0 aromatic heterocycles. The summed E-state index contributed by atoms with van der Waals surface area (Å²) in [5.74, 6) is 0.331. The van der Waals surface area contributed by atoms with E-state index in [1.807, 2.05) is 4.90 Å². The summed E-state index contributed by atoms with van der Waals surface area (Å²) in [5.41, 5.74) is 0. The predicted molar refractivity (Wildman–Crippen MR) is 113 cm³/mol. The van der Waals surface area contributed by atoms with Crippen molar-refractivity contribution in [2.24, 2.45) is 0 Å². The molecule has 25 heavy (non-hydrogen) atoms. The predicted octanol–water partition coefficient (Wildman–Crippen LogP) is 6.51. The maximum Gasteiger partial charge on any atom is 0.222 e. The first-order valence-electron chi connectivity index (χ1n) is 10.7. The highest BCUT2D eigenvalue weighted by Gasteiger charge is 2.07. The number of carbonyl (C=O) groups is 1. The summed E-state index contributed by atoms with van der Waals surface area (Å²) >= 11 is 0. The van der Waals surface area contributed by atoms with Gasteiger partial charge in [0.05, 0.1) is 0 Å². The van der Waals surface area contributed by atoms with Crippen molar-refractivity contribution in [2.75, 3.05) is 13.1 Å². The molecule has 0 N–H and O–H groups in total. The molecule has 1 amide bonds. The molecule has 0 bridgehead atoms. The summed E-state index contributed by atoms with van der Waals surface area (Å²) < 4.78 is 0. The van der Waals surface area contributed by atoms with Crippen LogP contribution in [0.3, 0.4) is 0 Å². The third-order valence-electron chi connectivity index (χ3n) is 4.77. The van der Waals surface area contributed by atoms with Gasteiger partial charge < -0.3 is 4.90 Å². The molecular weight excluding hydrogens is 305 g/mol. The number of allylic oxidation sites excluding steroid dienone is 2. The maximum atomic E-state index is 11.9. The molecule has 0 fully saturated rings. The van der Waals surface area contributed by atoms with E-state index in [0.29, 0.717) is 5.91 Å². The summed E-state index contributed by atoms with van der Waals surface area (Å²) in [7, 11) is 0. The molecule has 0 aliphatic heterocycles. The molecule has 0 unspecified atom stereocenters. The standard InChI is InChI=1S/C22H43NO.B/c1-4-7-8-9-10-11-12-13-14-15-16-17-18-19-20-21-22(24)23(5-2)6-3;/h13-14H,4-12,15-21H2,1-3H3;/b14-13-;. The molecule has 145 valence electrons. The second-order valence-electron chi connectivity index (χ2n) is 6.90. The molecule has 0 saturated heterocycles. The highest BCUT2D eigenvalue weighted by Crippen LogP contribution is 2.10. The summed E-state index contributed by atoms with van der Waals surface area (Å²) in [5, 5.41) is 0. The fourth-order valence-corrected chi connectivity index (χ4v) is 3.08. The van der Waals surface area contributed by atoms with Crippen LogP contribution in [0, 0.1) is 0 Å². The minimum Gasteiger partial charge on any atom is -0.343 e. The Bertz CT molecular complexity index is 300. The lowest BCUT2D eigenvalue weighted by Crippen LogP contribution is -2.30. The Morgan fingerprint density at radius 1 is 0.680 bits per heavy atom. The van der Waals surface area contributed by atoms with Crippen LogP contribution >= 0.6 is 0 Å². The van der Waals surface area contributed by atoms with E-state index in [-0.39, 0.29) is 8.41 Å². The van der Waals surface area contributed by atoms with Crippen LogP contribution in [0.15, 0.2) is 12.2 Å². The van der Waals surface area contributed by atoms with Crippen LogP contribution in [0.2, 0.25) is 0 Å². The van der Waals surface area contributed by atoms with E-state index < -0.39 is 0 Å². The maximum absolute atomic E-state index is 11.9. The Morgan fingerprint density at radius 3 is 1.60 bits per heavy atom. The Kier molecular flexibility index (Phi) is 22.6. The molecular formula is C22H43BNO. The average Bonchev–Trinajstić information content (AvgIpc) is 2.59. The first kappa shape index (κ1) is 26.5. The minimum atomic E-state index is 0. The van der Waals surface area contributed by atoms with Crippen LogP contribution < -0.4 is 0 Å². The number of carbonyl (C=O) groups excluding carboxylic acids is 1. The molecule has 0 rings (SSSR count). The monoisotopic (exact) mass is 348 g/mol. The zero-order valence-electron chi connectivity index (χ0n) is 17.4. The van der Waals surface area contributed by atoms with Crippen molar-refractivity contribution < 1.29 is 4.79 Å². The van der Waals surface area contributed by atoms with Crippen LogP contribution in [-0.2, 0) is 4.79 Å². The van der Waals surface area contributed by atoms with Crippen molar-refractivity contribution >= 4 is 14.3 Å². The molecule has 0 aliphatic carbocycles. The van der Waals surface area contributed by atoms with E-state index in [4.69, 9.17) is 0 Å². The summed E-state index contributed by atoms with van der Waals surface area (Å²) in [6.07, 6.45) is 22.5. The fraction of sp³-hybridized carbons (Fsp3) is 0.864. The molecule has 0 aliphatic rings. The topological polar surface area (TPSA) is 20.3 Å². The number of hydrogen-bond acceptors (Lipinski definition) is 1. The molecule has 0 heterocycles. The highest BCUT2D eigenvalue weighted by atomic mass is 16.2. The highest BCUT2D eigenvalue weighted by molar-refractivity contribution is 5.76. The molecule has 2 nitrogen and oxygen atoms in total. The first-order valence-corrected chi connectivity index (χ1v) is 10.7. The number of rotatable bonds is 17. The van der Waals surface area contributed by atoms with Gasteiger partial charge >= 0.3 is 0 Å². The van der Waals surface area contributed by atoms with Crippen LogP contribution in [0.25, 0.3) is 0 Å². The van der Waals surface area contributed by atoms with Gasteiger partial charge in [0.2, 0.25) is 5.91 Å². The van der Waals surface area contributed by atoms with Crippen molar-refractivity contribution in [2.45, 2.75) is 111 Å². The van der Waals surface area contributed by atoms with Gasteiger partial charge in [-0.1, -0.05) is 70.4 Å².